The molecule has 3 nitrogen and oxygen atoms in total. The van der Waals surface area contributed by atoms with Crippen LogP contribution >= 0.6 is 23.1 Å². The maximum atomic E-state index is 4.05. The molecule has 0 radical (unpaired) electrons. The number of rotatable bonds is 6. The zero-order valence-electron chi connectivity index (χ0n) is 9.67. The van der Waals surface area contributed by atoms with Gasteiger partial charge in [-0.25, -0.2) is 0 Å². The lowest BCUT2D eigenvalue weighted by Gasteiger charge is -2.17. The van der Waals surface area contributed by atoms with Crippen LogP contribution in [0.3, 0.4) is 0 Å². The third kappa shape index (κ3) is 3.80. The topological polar surface area (TPSA) is 37.8 Å². The third-order valence-corrected chi connectivity index (χ3v) is 4.32. The number of nitrogens with one attached hydrogen (secondary N) is 1. The second-order valence-corrected chi connectivity index (χ2v) is 5.64. The van der Waals surface area contributed by atoms with Gasteiger partial charge in [0.25, 0.3) is 0 Å². The number of hydrogen-bond donors (Lipinski definition) is 1. The Morgan fingerprint density at radius 2 is 2.18 bits per heavy atom. The fourth-order valence-corrected chi connectivity index (χ4v) is 3.19. The molecule has 0 aliphatic carbocycles. The van der Waals surface area contributed by atoms with E-state index >= 15 is 0 Å². The second kappa shape index (κ2) is 6.74. The van der Waals surface area contributed by atoms with Gasteiger partial charge < -0.3 is 5.32 Å². The predicted octanol–water partition coefficient (Wildman–Crippen LogP) is 2.98. The van der Waals surface area contributed by atoms with Crippen LogP contribution in [0.15, 0.2) is 40.2 Å². The molecule has 1 heterocycles. The molecule has 0 spiro atoms. The summed E-state index contributed by atoms with van der Waals surface area (Å²) in [4.78, 5) is 0. The normalized spacial score (nSPS) is 12.5. The van der Waals surface area contributed by atoms with Crippen molar-refractivity contribution in [3.05, 3.63) is 41.4 Å². The highest BCUT2D eigenvalue weighted by molar-refractivity contribution is 8.01. The average molecular weight is 265 g/mol. The van der Waals surface area contributed by atoms with Crippen LogP contribution in [0.5, 0.6) is 0 Å². The Bertz CT molecular complexity index is 417. The zero-order chi connectivity index (χ0) is 11.9. The second-order valence-electron chi connectivity index (χ2n) is 3.54. The first-order chi connectivity index (χ1) is 8.40. The van der Waals surface area contributed by atoms with Crippen molar-refractivity contribution in [2.24, 2.45) is 0 Å². The van der Waals surface area contributed by atoms with Crippen molar-refractivity contribution in [1.82, 2.24) is 15.5 Å². The fraction of sp³-hybridized carbons (Fsp3) is 0.333. The molecule has 0 amide bonds. The summed E-state index contributed by atoms with van der Waals surface area (Å²) >= 11 is 3.34. The number of aromatic nitrogens is 2. The number of benzene rings is 1. The van der Waals surface area contributed by atoms with E-state index in [0.717, 1.165) is 16.6 Å². The van der Waals surface area contributed by atoms with Crippen LogP contribution in [0, 0.1) is 0 Å². The maximum absolute atomic E-state index is 4.05. The van der Waals surface area contributed by atoms with Crippen LogP contribution in [0.1, 0.15) is 18.5 Å². The summed E-state index contributed by atoms with van der Waals surface area (Å²) in [5.41, 5.74) is 3.10. The van der Waals surface area contributed by atoms with Gasteiger partial charge in [0.05, 0.1) is 0 Å². The molecule has 0 fully saturated rings. The van der Waals surface area contributed by atoms with Crippen LogP contribution in [0.4, 0.5) is 0 Å². The maximum Gasteiger partial charge on any atom is 0.174 e. The summed E-state index contributed by atoms with van der Waals surface area (Å²) in [6.45, 7) is 3.10. The average Bonchev–Trinajstić information content (AvgIpc) is 2.88. The minimum Gasteiger partial charge on any atom is -0.309 e. The first-order valence-corrected chi connectivity index (χ1v) is 7.44. The van der Waals surface area contributed by atoms with Crippen LogP contribution in [-0.4, -0.2) is 22.5 Å². The molecular weight excluding hydrogens is 250 g/mol. The fourth-order valence-electron chi connectivity index (χ4n) is 1.59. The predicted molar refractivity (Wildman–Crippen MR) is 73.5 cm³/mol. The molecule has 0 aliphatic rings. The van der Waals surface area contributed by atoms with Gasteiger partial charge in [0.15, 0.2) is 4.34 Å². The van der Waals surface area contributed by atoms with E-state index < -0.39 is 0 Å². The molecule has 1 atom stereocenters. The minimum atomic E-state index is 0.370. The molecule has 1 aromatic heterocycles. The summed E-state index contributed by atoms with van der Waals surface area (Å²) in [5, 5.41) is 11.4. The number of thioether (sulfide) groups is 1. The van der Waals surface area contributed by atoms with E-state index in [1.807, 2.05) is 6.07 Å². The highest BCUT2D eigenvalue weighted by Crippen LogP contribution is 2.25. The van der Waals surface area contributed by atoms with Gasteiger partial charge in [-0.15, -0.1) is 10.2 Å². The third-order valence-electron chi connectivity index (χ3n) is 2.37. The van der Waals surface area contributed by atoms with E-state index in [4.69, 9.17) is 0 Å². The summed E-state index contributed by atoms with van der Waals surface area (Å²) in [7, 11) is 0. The minimum absolute atomic E-state index is 0.370. The van der Waals surface area contributed by atoms with Crippen LogP contribution in [-0.2, 0) is 0 Å². The molecule has 0 aliphatic heterocycles. The number of nitrogens with zero attached hydrogens (tertiary/aromatic N) is 2. The Hall–Kier alpha value is -0.910. The molecule has 90 valence electrons. The van der Waals surface area contributed by atoms with Crippen molar-refractivity contribution in [2.45, 2.75) is 17.3 Å². The lowest BCUT2D eigenvalue weighted by molar-refractivity contribution is 0.606. The molecule has 17 heavy (non-hydrogen) atoms. The smallest absolute Gasteiger partial charge is 0.174 e. The van der Waals surface area contributed by atoms with Crippen LogP contribution in [0.2, 0.25) is 0 Å². The number of hydrogen-bond acceptors (Lipinski definition) is 5. The Labute approximate surface area is 110 Å². The lowest BCUT2D eigenvalue weighted by atomic mass is 10.1. The summed E-state index contributed by atoms with van der Waals surface area (Å²) in [5.74, 6) is 0.979. The summed E-state index contributed by atoms with van der Waals surface area (Å²) in [6, 6.07) is 10.9. The molecule has 0 bridgehead atoms. The molecule has 2 aromatic rings. The molecule has 5 heteroatoms. The Balaban J connectivity index is 1.98. The van der Waals surface area contributed by atoms with Gasteiger partial charge in [-0.2, -0.15) is 0 Å². The highest BCUT2D eigenvalue weighted by Gasteiger charge is 2.11. The molecular formula is C12H15N3S2. The van der Waals surface area contributed by atoms with E-state index in [1.54, 1.807) is 28.6 Å². The van der Waals surface area contributed by atoms with Crippen LogP contribution < -0.4 is 5.32 Å². The molecule has 2 rings (SSSR count). The highest BCUT2D eigenvalue weighted by atomic mass is 32.2. The van der Waals surface area contributed by atoms with E-state index in [9.17, 15) is 0 Å². The first kappa shape index (κ1) is 12.5. The van der Waals surface area contributed by atoms with Gasteiger partial charge in [0.1, 0.15) is 5.51 Å². The van der Waals surface area contributed by atoms with Crippen LogP contribution in [0.25, 0.3) is 0 Å². The molecule has 0 saturated heterocycles. The quantitative estimate of drug-likeness (QED) is 0.815. The van der Waals surface area contributed by atoms with Crippen molar-refractivity contribution in [3.63, 3.8) is 0 Å². The molecule has 1 N–H and O–H groups in total. The Kier molecular flexibility index (Phi) is 4.97. The standard InChI is InChI=1S/C12H15N3S2/c1-2-13-11(10-6-4-3-5-7-10)8-16-12-15-14-9-17-12/h3-7,9,11,13H,2,8H2,1H3. The van der Waals surface area contributed by atoms with Crippen molar-refractivity contribution < 1.29 is 0 Å². The van der Waals surface area contributed by atoms with Crippen molar-refractivity contribution >= 4 is 23.1 Å². The van der Waals surface area contributed by atoms with Crippen molar-refractivity contribution in [3.8, 4) is 0 Å². The Morgan fingerprint density at radius 3 is 2.82 bits per heavy atom. The van der Waals surface area contributed by atoms with Crippen molar-refractivity contribution in [1.29, 1.82) is 0 Å². The monoisotopic (exact) mass is 265 g/mol. The summed E-state index contributed by atoms with van der Waals surface area (Å²) in [6.07, 6.45) is 0. The van der Waals surface area contributed by atoms with Gasteiger partial charge in [-0.1, -0.05) is 60.4 Å². The molecule has 1 unspecified atom stereocenters. The molecule has 0 saturated carbocycles. The summed E-state index contributed by atoms with van der Waals surface area (Å²) < 4.78 is 1.03. The lowest BCUT2D eigenvalue weighted by Crippen LogP contribution is -2.22. The van der Waals surface area contributed by atoms with Gasteiger partial charge in [-0.3, -0.25) is 0 Å². The zero-order valence-corrected chi connectivity index (χ0v) is 11.3. The van der Waals surface area contributed by atoms with Gasteiger partial charge in [0.2, 0.25) is 0 Å². The van der Waals surface area contributed by atoms with E-state index in [2.05, 4.69) is 46.7 Å². The van der Waals surface area contributed by atoms with E-state index in [1.165, 1.54) is 5.56 Å². The van der Waals surface area contributed by atoms with Gasteiger partial charge in [0, 0.05) is 11.8 Å². The first-order valence-electron chi connectivity index (χ1n) is 5.57. The SMILES string of the molecule is CCNC(CSc1nncs1)c1ccccc1. The van der Waals surface area contributed by atoms with Gasteiger partial charge in [-0.05, 0) is 12.1 Å². The Morgan fingerprint density at radius 1 is 1.35 bits per heavy atom. The van der Waals surface area contributed by atoms with Crippen molar-refractivity contribution in [2.75, 3.05) is 12.3 Å². The van der Waals surface area contributed by atoms with E-state index in [-0.39, 0.29) is 0 Å². The molecule has 1 aromatic carbocycles. The van der Waals surface area contributed by atoms with E-state index in [0.29, 0.717) is 6.04 Å². The van der Waals surface area contributed by atoms with Gasteiger partial charge >= 0.3 is 0 Å². The largest absolute Gasteiger partial charge is 0.309 e.